The molecule has 0 N–H and O–H groups in total. The lowest BCUT2D eigenvalue weighted by Gasteiger charge is -2.39. The molecule has 2 aromatic carbocycles. The molecule has 0 aromatic heterocycles. The summed E-state index contributed by atoms with van der Waals surface area (Å²) < 4.78 is 0. The number of hydrogen-bond acceptors (Lipinski definition) is 4. The summed E-state index contributed by atoms with van der Waals surface area (Å²) in [7, 11) is 0. The fraction of sp³-hybridized carbons (Fsp3) is 0.346. The zero-order valence-electron chi connectivity index (χ0n) is 18.8. The summed E-state index contributed by atoms with van der Waals surface area (Å²) in [6.45, 7) is 7.52. The van der Waals surface area contributed by atoms with Crippen molar-refractivity contribution in [3.8, 4) is 0 Å². The molecule has 3 aliphatic rings. The Hall–Kier alpha value is -2.63. The van der Waals surface area contributed by atoms with Crippen LogP contribution in [0, 0.1) is 17.3 Å². The molecule has 0 unspecified atom stereocenters. The van der Waals surface area contributed by atoms with E-state index in [9.17, 15) is 14.4 Å². The second-order valence-electron chi connectivity index (χ2n) is 10.0. The van der Waals surface area contributed by atoms with Crippen LogP contribution in [0.25, 0.3) is 5.57 Å². The molecular formula is C26H24Cl2N2O3. The third-order valence-corrected chi connectivity index (χ3v) is 7.39. The predicted molar refractivity (Wildman–Crippen MR) is 131 cm³/mol. The molecule has 2 saturated heterocycles. The minimum absolute atomic E-state index is 0.0621. The van der Waals surface area contributed by atoms with E-state index in [2.05, 4.69) is 0 Å². The van der Waals surface area contributed by atoms with Crippen LogP contribution < -0.4 is 9.80 Å². The average molecular weight is 483 g/mol. The monoisotopic (exact) mass is 482 g/mol. The average Bonchev–Trinajstić information content (AvgIpc) is 3.21. The van der Waals surface area contributed by atoms with Gasteiger partial charge in [-0.25, -0.2) is 4.90 Å². The molecule has 0 radical (unpaired) electrons. The largest absolute Gasteiger partial charge is 0.353 e. The molecule has 2 amide bonds. The summed E-state index contributed by atoms with van der Waals surface area (Å²) >= 11 is 12.3. The number of nitrogens with zero attached hydrogens (tertiary/aromatic N) is 2. The van der Waals surface area contributed by atoms with Gasteiger partial charge in [0.1, 0.15) is 6.04 Å². The number of amides is 2. The number of rotatable bonds is 2. The molecule has 0 spiro atoms. The lowest BCUT2D eigenvalue weighted by Crippen LogP contribution is -2.51. The predicted octanol–water partition coefficient (Wildman–Crippen LogP) is 5.39. The summed E-state index contributed by atoms with van der Waals surface area (Å²) in [4.78, 5) is 44.5. The first-order valence-electron chi connectivity index (χ1n) is 10.9. The number of anilines is 2. The maximum atomic E-state index is 13.8. The Bertz CT molecular complexity index is 1230. The van der Waals surface area contributed by atoms with E-state index in [1.54, 1.807) is 30.3 Å². The van der Waals surface area contributed by atoms with Crippen molar-refractivity contribution < 1.29 is 14.4 Å². The third kappa shape index (κ3) is 3.24. The Morgan fingerprint density at radius 2 is 1.52 bits per heavy atom. The first kappa shape index (κ1) is 22.2. The standard InChI is InChI=1S/C26H24Cl2N2O3/c1-13-11-19-20-21(25(33)29(24(20)32)16-8-5-14(27)6-9-16)22(23(31)26(2,3)4)30(19)18-10-7-15(28)12-17(13)18/h5-12,19-22H,1-4H3/t19-,20+,21-,22+/m0/s1. The SMILES string of the molecule is CC1=C[C@H]2[C@H]3C(=O)N(c4ccc(Cl)cc4)C(=O)[C@@H]3[C@H](C(=O)C(C)(C)C)N2c2ccc(Cl)cc21. The van der Waals surface area contributed by atoms with Crippen LogP contribution >= 0.6 is 23.2 Å². The van der Waals surface area contributed by atoms with Crippen molar-refractivity contribution in [2.75, 3.05) is 9.80 Å². The quantitative estimate of drug-likeness (QED) is 0.538. The van der Waals surface area contributed by atoms with E-state index in [0.29, 0.717) is 15.7 Å². The van der Waals surface area contributed by atoms with E-state index >= 15 is 0 Å². The second kappa shape index (κ2) is 7.44. The number of carbonyl (C=O) groups is 3. The van der Waals surface area contributed by atoms with E-state index in [1.807, 2.05) is 50.8 Å². The number of Topliss-reactive ketones (excluding diaryl/α,β-unsaturated/α-hetero) is 1. The van der Waals surface area contributed by atoms with Crippen LogP contribution in [0.2, 0.25) is 10.0 Å². The van der Waals surface area contributed by atoms with Gasteiger partial charge >= 0.3 is 0 Å². The maximum absolute atomic E-state index is 13.8. The van der Waals surface area contributed by atoms with Gasteiger partial charge in [0.25, 0.3) is 0 Å². The zero-order valence-corrected chi connectivity index (χ0v) is 20.3. The topological polar surface area (TPSA) is 57.7 Å². The molecule has 5 rings (SSSR count). The fourth-order valence-electron chi connectivity index (χ4n) is 5.40. The molecular weight excluding hydrogens is 459 g/mol. The number of allylic oxidation sites excluding steroid dienone is 1. The molecule has 0 aliphatic carbocycles. The summed E-state index contributed by atoms with van der Waals surface area (Å²) in [6.07, 6.45) is 2.00. The van der Waals surface area contributed by atoms with Crippen LogP contribution in [0.15, 0.2) is 48.5 Å². The summed E-state index contributed by atoms with van der Waals surface area (Å²) in [6, 6.07) is 11.0. The van der Waals surface area contributed by atoms with Crippen molar-refractivity contribution in [3.05, 3.63) is 64.1 Å². The molecule has 33 heavy (non-hydrogen) atoms. The lowest BCUT2D eigenvalue weighted by molar-refractivity contribution is -0.132. The van der Waals surface area contributed by atoms with Gasteiger partial charge in [0, 0.05) is 26.7 Å². The molecule has 5 nitrogen and oxygen atoms in total. The lowest BCUT2D eigenvalue weighted by atomic mass is 9.79. The fourth-order valence-corrected chi connectivity index (χ4v) is 5.70. The molecule has 0 bridgehead atoms. The van der Waals surface area contributed by atoms with Crippen LogP contribution in [0.3, 0.4) is 0 Å². The van der Waals surface area contributed by atoms with Gasteiger partial charge in [0.2, 0.25) is 11.8 Å². The Morgan fingerprint density at radius 3 is 2.15 bits per heavy atom. The summed E-state index contributed by atoms with van der Waals surface area (Å²) in [5.74, 6) is -2.11. The highest BCUT2D eigenvalue weighted by molar-refractivity contribution is 6.31. The summed E-state index contributed by atoms with van der Waals surface area (Å²) in [5, 5.41) is 1.12. The van der Waals surface area contributed by atoms with Crippen LogP contribution in [0.5, 0.6) is 0 Å². The maximum Gasteiger partial charge on any atom is 0.240 e. The Labute approximate surface area is 203 Å². The van der Waals surface area contributed by atoms with Gasteiger partial charge in [-0.2, -0.15) is 0 Å². The van der Waals surface area contributed by atoms with Gasteiger partial charge in [0.05, 0.1) is 23.6 Å². The smallest absolute Gasteiger partial charge is 0.240 e. The van der Waals surface area contributed by atoms with Gasteiger partial charge in [-0.05, 0) is 55.0 Å². The molecule has 4 atom stereocenters. The van der Waals surface area contributed by atoms with Crippen molar-refractivity contribution in [1.82, 2.24) is 0 Å². The zero-order chi connectivity index (χ0) is 23.8. The van der Waals surface area contributed by atoms with Crippen LogP contribution in [-0.2, 0) is 14.4 Å². The number of halogens is 2. The van der Waals surface area contributed by atoms with Gasteiger partial charge < -0.3 is 4.90 Å². The van der Waals surface area contributed by atoms with Crippen molar-refractivity contribution in [1.29, 1.82) is 0 Å². The number of carbonyl (C=O) groups excluding carboxylic acids is 3. The van der Waals surface area contributed by atoms with Crippen LogP contribution in [0.4, 0.5) is 11.4 Å². The van der Waals surface area contributed by atoms with Crippen molar-refractivity contribution in [2.45, 2.75) is 39.8 Å². The highest BCUT2D eigenvalue weighted by Crippen LogP contribution is 2.52. The Morgan fingerprint density at radius 1 is 0.909 bits per heavy atom. The number of hydrogen-bond donors (Lipinski definition) is 0. The number of ketones is 1. The minimum Gasteiger partial charge on any atom is -0.353 e. The van der Waals surface area contributed by atoms with Crippen molar-refractivity contribution >= 4 is 57.7 Å². The van der Waals surface area contributed by atoms with E-state index in [1.165, 1.54) is 4.90 Å². The van der Waals surface area contributed by atoms with E-state index < -0.39 is 29.3 Å². The minimum atomic E-state index is -0.768. The molecule has 2 aromatic rings. The Balaban J connectivity index is 1.68. The number of fused-ring (bicyclic) bond motifs is 5. The van der Waals surface area contributed by atoms with Gasteiger partial charge in [-0.3, -0.25) is 14.4 Å². The van der Waals surface area contributed by atoms with Crippen LogP contribution in [0.1, 0.15) is 33.3 Å². The normalized spacial score (nSPS) is 26.2. The molecule has 3 aliphatic heterocycles. The molecule has 170 valence electrons. The first-order valence-corrected chi connectivity index (χ1v) is 11.7. The van der Waals surface area contributed by atoms with Crippen molar-refractivity contribution in [3.63, 3.8) is 0 Å². The van der Waals surface area contributed by atoms with Crippen molar-refractivity contribution in [2.24, 2.45) is 17.3 Å². The van der Waals surface area contributed by atoms with Gasteiger partial charge in [-0.15, -0.1) is 0 Å². The Kier molecular flexibility index (Phi) is 5.00. The van der Waals surface area contributed by atoms with Gasteiger partial charge in [0.15, 0.2) is 5.78 Å². The van der Waals surface area contributed by atoms with E-state index in [0.717, 1.165) is 16.8 Å². The van der Waals surface area contributed by atoms with Crippen LogP contribution in [-0.4, -0.2) is 29.7 Å². The second-order valence-corrected chi connectivity index (χ2v) is 10.9. The number of imide groups is 1. The summed E-state index contributed by atoms with van der Waals surface area (Å²) in [5.41, 5.74) is 2.51. The molecule has 0 saturated carbocycles. The highest BCUT2D eigenvalue weighted by atomic mass is 35.5. The van der Waals surface area contributed by atoms with E-state index in [-0.39, 0.29) is 17.6 Å². The first-order chi connectivity index (χ1) is 15.5. The highest BCUT2D eigenvalue weighted by Gasteiger charge is 2.65. The number of benzene rings is 2. The van der Waals surface area contributed by atoms with E-state index in [4.69, 9.17) is 23.2 Å². The molecule has 3 heterocycles. The third-order valence-electron chi connectivity index (χ3n) is 6.90. The molecule has 2 fully saturated rings. The van der Waals surface area contributed by atoms with Gasteiger partial charge in [-0.1, -0.05) is 50.0 Å². The molecule has 7 heteroatoms.